The maximum atomic E-state index is 11.9. The number of hydrogen-bond acceptors (Lipinski definition) is 4. The van der Waals surface area contributed by atoms with Gasteiger partial charge >= 0.3 is 12.1 Å². The van der Waals surface area contributed by atoms with Crippen LogP contribution in [-0.4, -0.2) is 64.9 Å². The molecule has 27 heavy (non-hydrogen) atoms. The highest BCUT2D eigenvalue weighted by Gasteiger charge is 2.48. The third kappa shape index (κ3) is 5.43. The molecule has 2 saturated heterocycles. The number of piperidine rings is 1. The molecular weight excluding hydrogens is 365 g/mol. The predicted molar refractivity (Wildman–Crippen MR) is 91.1 cm³/mol. The molecule has 1 aromatic rings. The number of amides is 1. The zero-order valence-corrected chi connectivity index (χ0v) is 14.7. The van der Waals surface area contributed by atoms with Crippen molar-refractivity contribution in [3.63, 3.8) is 0 Å². The van der Waals surface area contributed by atoms with Crippen molar-refractivity contribution >= 4 is 11.9 Å². The number of carbonyl (C=O) groups excluding carboxylic acids is 1. The number of β-amino-alcohol motifs (C(OH)–C–C–N with tert-alkyl or cyclic N) is 1. The van der Waals surface area contributed by atoms with Crippen molar-refractivity contribution in [2.24, 2.45) is 0 Å². The van der Waals surface area contributed by atoms with Crippen LogP contribution in [0.3, 0.4) is 0 Å². The Morgan fingerprint density at radius 2 is 1.78 bits per heavy atom. The Kier molecular flexibility index (Phi) is 6.83. The zero-order chi connectivity index (χ0) is 20.1. The fourth-order valence-electron chi connectivity index (χ4n) is 3.71. The van der Waals surface area contributed by atoms with Gasteiger partial charge in [0.15, 0.2) is 0 Å². The molecule has 1 amide bonds. The Labute approximate surface area is 155 Å². The van der Waals surface area contributed by atoms with Crippen LogP contribution < -0.4 is 5.32 Å². The average molecular weight is 388 g/mol. The van der Waals surface area contributed by atoms with Gasteiger partial charge in [-0.2, -0.15) is 13.2 Å². The molecule has 3 N–H and O–H groups in total. The number of aliphatic carboxylic acids is 1. The van der Waals surface area contributed by atoms with E-state index in [0.717, 1.165) is 32.5 Å². The lowest BCUT2D eigenvalue weighted by atomic mass is 9.74. The smallest absolute Gasteiger partial charge is 0.475 e. The number of benzene rings is 1. The largest absolute Gasteiger partial charge is 0.490 e. The Bertz CT molecular complexity index is 644. The summed E-state index contributed by atoms with van der Waals surface area (Å²) in [4.78, 5) is 23.1. The van der Waals surface area contributed by atoms with E-state index >= 15 is 0 Å². The van der Waals surface area contributed by atoms with Crippen LogP contribution in [0.15, 0.2) is 30.3 Å². The summed E-state index contributed by atoms with van der Waals surface area (Å²) in [5.74, 6) is -2.30. The number of alkyl halides is 3. The summed E-state index contributed by atoms with van der Waals surface area (Å²) in [6.07, 6.45) is -2.54. The molecule has 1 atom stereocenters. The normalized spacial score (nSPS) is 22.1. The summed E-state index contributed by atoms with van der Waals surface area (Å²) in [5, 5.41) is 19.4. The summed E-state index contributed by atoms with van der Waals surface area (Å²) >= 11 is 0. The molecule has 2 aliphatic heterocycles. The van der Waals surface area contributed by atoms with Crippen molar-refractivity contribution in [2.45, 2.75) is 36.9 Å². The molecular formula is C18H23F3N2O4. The van der Waals surface area contributed by atoms with Gasteiger partial charge in [0.05, 0.1) is 6.61 Å². The highest BCUT2D eigenvalue weighted by atomic mass is 19.4. The second-order valence-electron chi connectivity index (χ2n) is 6.74. The van der Waals surface area contributed by atoms with E-state index in [1.54, 1.807) is 0 Å². The molecule has 2 fully saturated rings. The first-order valence-corrected chi connectivity index (χ1v) is 8.67. The summed E-state index contributed by atoms with van der Waals surface area (Å²) in [7, 11) is 0. The average Bonchev–Trinajstić information content (AvgIpc) is 2.94. The number of rotatable bonds is 3. The van der Waals surface area contributed by atoms with Gasteiger partial charge in [-0.3, -0.25) is 4.79 Å². The fraction of sp³-hybridized carbons (Fsp3) is 0.556. The molecule has 150 valence electrons. The first kappa shape index (κ1) is 21.2. The van der Waals surface area contributed by atoms with E-state index < -0.39 is 12.1 Å². The summed E-state index contributed by atoms with van der Waals surface area (Å²) in [5.41, 5.74) is 1.19. The van der Waals surface area contributed by atoms with Crippen LogP contribution in [0.1, 0.15) is 30.7 Å². The molecule has 0 aromatic heterocycles. The minimum absolute atomic E-state index is 0.0790. The molecule has 1 unspecified atom stereocenters. The fourth-order valence-corrected chi connectivity index (χ4v) is 3.71. The number of aliphatic hydroxyl groups excluding tert-OH is 1. The third-order valence-electron chi connectivity index (χ3n) is 5.05. The van der Waals surface area contributed by atoms with Gasteiger partial charge in [0.2, 0.25) is 5.91 Å². The predicted octanol–water partition coefficient (Wildman–Crippen LogP) is 1.75. The Morgan fingerprint density at radius 3 is 2.26 bits per heavy atom. The van der Waals surface area contributed by atoms with Gasteiger partial charge in [0.1, 0.15) is 0 Å². The van der Waals surface area contributed by atoms with Gasteiger partial charge in [-0.05, 0) is 18.4 Å². The molecule has 1 aromatic carbocycles. The molecule has 0 radical (unpaired) electrons. The highest BCUT2D eigenvalue weighted by Crippen LogP contribution is 2.42. The van der Waals surface area contributed by atoms with Crippen LogP contribution >= 0.6 is 0 Å². The first-order chi connectivity index (χ1) is 12.7. The molecule has 1 spiro atoms. The van der Waals surface area contributed by atoms with Crippen LogP contribution in [0.2, 0.25) is 0 Å². The third-order valence-corrected chi connectivity index (χ3v) is 5.05. The van der Waals surface area contributed by atoms with Gasteiger partial charge < -0.3 is 20.4 Å². The van der Waals surface area contributed by atoms with Gasteiger partial charge in [-0.25, -0.2) is 4.79 Å². The number of hydrogen-bond donors (Lipinski definition) is 3. The number of aliphatic hydroxyl groups is 1. The van der Waals surface area contributed by atoms with E-state index in [1.165, 1.54) is 5.56 Å². The number of likely N-dealkylation sites (tertiary alicyclic amines) is 1. The maximum Gasteiger partial charge on any atom is 0.490 e. The van der Waals surface area contributed by atoms with E-state index in [-0.39, 0.29) is 24.0 Å². The van der Waals surface area contributed by atoms with Gasteiger partial charge in [-0.15, -0.1) is 0 Å². The second-order valence-corrected chi connectivity index (χ2v) is 6.74. The molecule has 2 heterocycles. The van der Waals surface area contributed by atoms with E-state index in [2.05, 4.69) is 22.3 Å². The molecule has 0 bridgehead atoms. The van der Waals surface area contributed by atoms with Crippen LogP contribution in [0.25, 0.3) is 0 Å². The summed E-state index contributed by atoms with van der Waals surface area (Å²) in [6.45, 7) is 2.84. The van der Waals surface area contributed by atoms with Crippen molar-refractivity contribution in [1.82, 2.24) is 10.2 Å². The number of carboxylic acid groups (broad SMARTS) is 1. The molecule has 2 aliphatic rings. The van der Waals surface area contributed by atoms with Crippen molar-refractivity contribution < 1.29 is 33.0 Å². The van der Waals surface area contributed by atoms with Crippen molar-refractivity contribution in [3.8, 4) is 0 Å². The van der Waals surface area contributed by atoms with Crippen LogP contribution in [0.4, 0.5) is 13.2 Å². The van der Waals surface area contributed by atoms with Crippen molar-refractivity contribution in [3.05, 3.63) is 35.9 Å². The van der Waals surface area contributed by atoms with E-state index in [9.17, 15) is 18.0 Å². The minimum atomic E-state index is -5.08. The Morgan fingerprint density at radius 1 is 1.22 bits per heavy atom. The van der Waals surface area contributed by atoms with Gasteiger partial charge in [0.25, 0.3) is 0 Å². The summed E-state index contributed by atoms with van der Waals surface area (Å²) < 4.78 is 31.7. The molecule has 9 heteroatoms. The molecule has 0 aliphatic carbocycles. The van der Waals surface area contributed by atoms with Crippen LogP contribution in [-0.2, 0) is 9.59 Å². The minimum Gasteiger partial charge on any atom is -0.475 e. The van der Waals surface area contributed by atoms with E-state index in [0.29, 0.717) is 6.42 Å². The number of nitrogens with one attached hydrogen (secondary N) is 1. The number of halogens is 3. The zero-order valence-electron chi connectivity index (χ0n) is 14.7. The molecule has 6 nitrogen and oxygen atoms in total. The monoisotopic (exact) mass is 388 g/mol. The lowest BCUT2D eigenvalue weighted by Crippen LogP contribution is -2.53. The van der Waals surface area contributed by atoms with Crippen molar-refractivity contribution in [1.29, 1.82) is 0 Å². The Balaban J connectivity index is 0.000000321. The van der Waals surface area contributed by atoms with Gasteiger partial charge in [-0.1, -0.05) is 30.3 Å². The summed E-state index contributed by atoms with van der Waals surface area (Å²) in [6, 6.07) is 10.4. The second kappa shape index (κ2) is 8.71. The highest BCUT2D eigenvalue weighted by molar-refractivity contribution is 5.81. The number of carboxylic acids is 1. The van der Waals surface area contributed by atoms with Crippen molar-refractivity contribution in [2.75, 3.05) is 26.2 Å². The number of nitrogens with zero attached hydrogens (tertiary/aromatic N) is 1. The Hall–Kier alpha value is -2.13. The van der Waals surface area contributed by atoms with Crippen LogP contribution in [0.5, 0.6) is 0 Å². The van der Waals surface area contributed by atoms with Crippen LogP contribution in [0, 0.1) is 0 Å². The molecule has 0 saturated carbocycles. The first-order valence-electron chi connectivity index (χ1n) is 8.67. The lowest BCUT2D eigenvalue weighted by Gasteiger charge is -2.42. The maximum absolute atomic E-state index is 11.9. The number of carbonyl (C=O) groups is 2. The SMILES string of the molecule is O=C(O)C(F)(F)F.O=C1CC(c2ccccc2)C2(CCN(CCO)CC2)N1. The molecule has 3 rings (SSSR count). The van der Waals surface area contributed by atoms with E-state index in [4.69, 9.17) is 15.0 Å². The topological polar surface area (TPSA) is 89.9 Å². The standard InChI is InChI=1S/C16H22N2O2.C2HF3O2/c19-11-10-18-8-6-16(7-9-18)14(12-15(20)17-16)13-4-2-1-3-5-13;3-2(4,5)1(6)7/h1-5,14,19H,6-12H2,(H,17,20);(H,6,7). The lowest BCUT2D eigenvalue weighted by molar-refractivity contribution is -0.192. The van der Waals surface area contributed by atoms with Gasteiger partial charge in [0, 0.05) is 37.5 Å². The quantitative estimate of drug-likeness (QED) is 0.734. The van der Waals surface area contributed by atoms with E-state index in [1.807, 2.05) is 18.2 Å².